The minimum atomic E-state index is -4.96. The Balaban J connectivity index is 5.18. The third-order valence-electron chi connectivity index (χ3n) is 18.6. The number of esters is 4. The Morgan fingerprint density at radius 2 is 0.424 bits per heavy atom. The zero-order chi connectivity index (χ0) is 73.1. The van der Waals surface area contributed by atoms with Gasteiger partial charge in [0.05, 0.1) is 26.4 Å². The highest BCUT2D eigenvalue weighted by Gasteiger charge is 2.30. The summed E-state index contributed by atoms with van der Waals surface area (Å²) < 4.78 is 68.6. The number of phosphoric acid groups is 2. The van der Waals surface area contributed by atoms with Gasteiger partial charge in [0.1, 0.15) is 19.3 Å². The lowest BCUT2D eigenvalue weighted by atomic mass is 10.0. The van der Waals surface area contributed by atoms with Crippen LogP contribution in [0.2, 0.25) is 0 Å². The van der Waals surface area contributed by atoms with Crippen LogP contribution in [-0.2, 0) is 65.4 Å². The topological polar surface area (TPSA) is 237 Å². The van der Waals surface area contributed by atoms with Crippen molar-refractivity contribution in [3.05, 3.63) is 0 Å². The van der Waals surface area contributed by atoms with E-state index in [0.717, 1.165) is 114 Å². The van der Waals surface area contributed by atoms with Crippen LogP contribution in [0.1, 0.15) is 409 Å². The normalized spacial score (nSPS) is 14.1. The molecule has 0 rings (SSSR count). The summed E-state index contributed by atoms with van der Waals surface area (Å²) in [5.74, 6) is 0.920. The summed E-state index contributed by atoms with van der Waals surface area (Å²) in [4.78, 5) is 72.9. The molecular formula is C80H156O17P2. The van der Waals surface area contributed by atoms with Crippen molar-refractivity contribution >= 4 is 39.5 Å². The number of rotatable bonds is 77. The first-order valence-electron chi connectivity index (χ1n) is 41.2. The summed E-state index contributed by atoms with van der Waals surface area (Å²) >= 11 is 0. The molecule has 0 aromatic heterocycles. The van der Waals surface area contributed by atoms with E-state index in [9.17, 15) is 43.2 Å². The molecule has 0 aliphatic heterocycles. The van der Waals surface area contributed by atoms with Gasteiger partial charge in [-0.05, 0) is 49.4 Å². The second-order valence-corrected chi connectivity index (χ2v) is 33.6. The van der Waals surface area contributed by atoms with Gasteiger partial charge in [-0.15, -0.1) is 0 Å². The van der Waals surface area contributed by atoms with Crippen LogP contribution in [0.25, 0.3) is 0 Å². The van der Waals surface area contributed by atoms with Gasteiger partial charge in [-0.2, -0.15) is 0 Å². The summed E-state index contributed by atoms with van der Waals surface area (Å²) in [5, 5.41) is 10.6. The number of carbonyl (C=O) groups excluding carboxylic acids is 4. The molecule has 0 aromatic rings. The van der Waals surface area contributed by atoms with Crippen LogP contribution in [0, 0.1) is 23.7 Å². The summed E-state index contributed by atoms with van der Waals surface area (Å²) in [6, 6.07) is 0. The highest BCUT2D eigenvalue weighted by Crippen LogP contribution is 2.45. The van der Waals surface area contributed by atoms with Crippen molar-refractivity contribution in [2.45, 2.75) is 427 Å². The molecule has 0 bridgehead atoms. The van der Waals surface area contributed by atoms with E-state index in [1.165, 1.54) is 205 Å². The fourth-order valence-corrected chi connectivity index (χ4v) is 13.8. The lowest BCUT2D eigenvalue weighted by Gasteiger charge is -2.21. The van der Waals surface area contributed by atoms with E-state index in [2.05, 4.69) is 55.4 Å². The maximum Gasteiger partial charge on any atom is 0.472 e. The van der Waals surface area contributed by atoms with Crippen LogP contribution in [0.3, 0.4) is 0 Å². The summed E-state index contributed by atoms with van der Waals surface area (Å²) in [7, 11) is -9.92. The highest BCUT2D eigenvalue weighted by atomic mass is 31.2. The Kier molecular flexibility index (Phi) is 67.8. The van der Waals surface area contributed by atoms with E-state index in [0.29, 0.717) is 31.6 Å². The molecule has 19 heteroatoms. The van der Waals surface area contributed by atoms with Gasteiger partial charge in [0.25, 0.3) is 0 Å². The molecule has 99 heavy (non-hydrogen) atoms. The molecule has 0 spiro atoms. The van der Waals surface area contributed by atoms with Crippen LogP contribution in [0.4, 0.5) is 0 Å². The first-order valence-corrected chi connectivity index (χ1v) is 44.2. The predicted octanol–water partition coefficient (Wildman–Crippen LogP) is 23.6. The number of aliphatic hydroxyl groups is 1. The van der Waals surface area contributed by atoms with Crippen molar-refractivity contribution in [2.24, 2.45) is 23.7 Å². The van der Waals surface area contributed by atoms with Crippen LogP contribution in [0.15, 0.2) is 0 Å². The Morgan fingerprint density at radius 3 is 0.626 bits per heavy atom. The molecule has 3 N–H and O–H groups in total. The van der Waals surface area contributed by atoms with Crippen molar-refractivity contribution in [1.29, 1.82) is 0 Å². The summed E-state index contributed by atoms with van der Waals surface area (Å²) in [6.45, 7) is 14.2. The molecule has 0 aliphatic rings. The van der Waals surface area contributed by atoms with Gasteiger partial charge >= 0.3 is 39.5 Å². The van der Waals surface area contributed by atoms with Crippen LogP contribution >= 0.6 is 15.6 Å². The van der Waals surface area contributed by atoms with Crippen molar-refractivity contribution in [1.82, 2.24) is 0 Å². The number of hydrogen-bond acceptors (Lipinski definition) is 15. The number of hydrogen-bond donors (Lipinski definition) is 3. The third kappa shape index (κ3) is 74.1. The first kappa shape index (κ1) is 97.1. The van der Waals surface area contributed by atoms with E-state index >= 15 is 0 Å². The lowest BCUT2D eigenvalue weighted by molar-refractivity contribution is -0.161. The highest BCUT2D eigenvalue weighted by molar-refractivity contribution is 7.47. The molecule has 0 aliphatic carbocycles. The van der Waals surface area contributed by atoms with Crippen molar-refractivity contribution < 1.29 is 80.2 Å². The van der Waals surface area contributed by atoms with Gasteiger partial charge in [0, 0.05) is 25.7 Å². The van der Waals surface area contributed by atoms with Gasteiger partial charge < -0.3 is 33.8 Å². The molecule has 0 fully saturated rings. The third-order valence-corrected chi connectivity index (χ3v) is 20.5. The van der Waals surface area contributed by atoms with Gasteiger partial charge in [0.2, 0.25) is 0 Å². The summed E-state index contributed by atoms with van der Waals surface area (Å²) in [5.41, 5.74) is 0. The molecule has 0 saturated carbocycles. The maximum atomic E-state index is 13.1. The number of phosphoric ester groups is 2. The van der Waals surface area contributed by atoms with E-state index in [-0.39, 0.29) is 25.7 Å². The standard InChI is InChI=1S/C80H156O17P2/c1-70(2)56-48-40-32-26-21-17-13-11-9-10-12-14-19-23-29-36-46-54-62-79(84)96-75(66-90-77(82)60-52-44-35-31-25-28-34-42-50-58-72(5)6)68-94-98(86,87)92-64-74(81)65-93-99(88,89)95-69-76(67-91-78(83)61-53-45-39-38-43-51-59-73(7)8)97-80(85)63-55-47-37-30-24-20-16-15-18-22-27-33-41-49-57-71(3)4/h70-76,81H,9-69H2,1-8H3,(H,86,87)(H,88,89)/t74-,75-,76-/m1/s1. The lowest BCUT2D eigenvalue weighted by Crippen LogP contribution is -2.30. The Labute approximate surface area is 607 Å². The molecule has 5 atom stereocenters. The fraction of sp³-hybridized carbons (Fsp3) is 0.950. The largest absolute Gasteiger partial charge is 0.472 e. The van der Waals surface area contributed by atoms with E-state index in [1.807, 2.05) is 0 Å². The molecule has 2 unspecified atom stereocenters. The number of unbranched alkanes of at least 4 members (excludes halogenated alkanes) is 43. The van der Waals surface area contributed by atoms with E-state index in [4.69, 9.17) is 37.0 Å². The second kappa shape index (κ2) is 69.1. The van der Waals surface area contributed by atoms with Crippen LogP contribution in [-0.4, -0.2) is 96.7 Å². The zero-order valence-electron chi connectivity index (χ0n) is 65.1. The van der Waals surface area contributed by atoms with Gasteiger partial charge in [-0.1, -0.05) is 357 Å². The van der Waals surface area contributed by atoms with Gasteiger partial charge in [-0.25, -0.2) is 9.13 Å². The maximum absolute atomic E-state index is 13.1. The first-order chi connectivity index (χ1) is 47.6. The molecule has 588 valence electrons. The Hall–Kier alpha value is -1.94. The van der Waals surface area contributed by atoms with Crippen LogP contribution < -0.4 is 0 Å². The molecule has 17 nitrogen and oxygen atoms in total. The van der Waals surface area contributed by atoms with Gasteiger partial charge in [-0.3, -0.25) is 37.3 Å². The number of aliphatic hydroxyl groups excluding tert-OH is 1. The smallest absolute Gasteiger partial charge is 0.462 e. The van der Waals surface area contributed by atoms with Gasteiger partial charge in [0.15, 0.2) is 12.2 Å². The quantitative estimate of drug-likeness (QED) is 0.0222. The van der Waals surface area contributed by atoms with E-state index < -0.39 is 97.5 Å². The molecule has 0 saturated heterocycles. The summed E-state index contributed by atoms with van der Waals surface area (Å²) in [6.07, 6.45) is 55.8. The Bertz CT molecular complexity index is 1940. The molecule has 0 amide bonds. The fourth-order valence-electron chi connectivity index (χ4n) is 12.3. The minimum Gasteiger partial charge on any atom is -0.462 e. The average molecular weight is 1450 g/mol. The van der Waals surface area contributed by atoms with Crippen molar-refractivity contribution in [3.8, 4) is 0 Å². The molecule has 0 heterocycles. The predicted molar refractivity (Wildman–Crippen MR) is 404 cm³/mol. The average Bonchev–Trinajstić information content (AvgIpc) is 1.13. The SMILES string of the molecule is CC(C)CCCCCCCCCCCCCCCCCCCCC(=O)O[C@H](COC(=O)CCCCCCCCCCCC(C)C)COP(=O)(O)OC[C@@H](O)COP(=O)(O)OC[C@@H](COC(=O)CCCCCCCCC(C)C)OC(=O)CCCCCCCCCCCCCCCCC(C)C. The van der Waals surface area contributed by atoms with Crippen LogP contribution in [0.5, 0.6) is 0 Å². The monoisotopic (exact) mass is 1450 g/mol. The zero-order valence-corrected chi connectivity index (χ0v) is 66.9. The minimum absolute atomic E-state index is 0.106. The number of carbonyl (C=O) groups is 4. The number of ether oxygens (including phenoxy) is 4. The van der Waals surface area contributed by atoms with Crippen molar-refractivity contribution in [2.75, 3.05) is 39.6 Å². The molecular weight excluding hydrogens is 1290 g/mol. The van der Waals surface area contributed by atoms with Crippen molar-refractivity contribution in [3.63, 3.8) is 0 Å². The Morgan fingerprint density at radius 1 is 0.253 bits per heavy atom. The molecule has 0 aromatic carbocycles. The second-order valence-electron chi connectivity index (χ2n) is 30.7. The van der Waals surface area contributed by atoms with E-state index in [1.54, 1.807) is 0 Å². The molecule has 0 radical (unpaired) electrons.